The second kappa shape index (κ2) is 5.98. The van der Waals surface area contributed by atoms with E-state index in [0.29, 0.717) is 23.5 Å². The lowest BCUT2D eigenvalue weighted by molar-refractivity contribution is -0.133. The molecule has 2 aromatic rings. The Morgan fingerprint density at radius 3 is 2.89 bits per heavy atom. The van der Waals surface area contributed by atoms with Crippen LogP contribution in [0.4, 0.5) is 5.95 Å². The molecule has 0 bridgehead atoms. The minimum atomic E-state index is -1.08. The van der Waals surface area contributed by atoms with Crippen molar-refractivity contribution in [3.05, 3.63) is 34.1 Å². The lowest BCUT2D eigenvalue weighted by atomic mass is 9.73. The molecule has 1 unspecified atom stereocenters. The number of hydrogen-bond acceptors (Lipinski definition) is 8. The molecule has 6 N–H and O–H groups in total. The van der Waals surface area contributed by atoms with Crippen molar-refractivity contribution in [1.82, 2.24) is 30.8 Å². The first-order chi connectivity index (χ1) is 12.8. The van der Waals surface area contributed by atoms with Crippen LogP contribution in [0.15, 0.2) is 17.3 Å². The van der Waals surface area contributed by atoms with Gasteiger partial charge in [-0.05, 0) is 17.4 Å². The van der Waals surface area contributed by atoms with E-state index in [1.807, 2.05) is 13.8 Å². The number of nitrogens with two attached hydrogens (primary N) is 1. The van der Waals surface area contributed by atoms with Crippen molar-refractivity contribution in [1.29, 1.82) is 0 Å². The summed E-state index contributed by atoms with van der Waals surface area (Å²) in [5, 5.41) is 23.1. The van der Waals surface area contributed by atoms with Crippen LogP contribution in [0.5, 0.6) is 0 Å². The van der Waals surface area contributed by atoms with Crippen molar-refractivity contribution in [3.8, 4) is 11.4 Å². The van der Waals surface area contributed by atoms with Crippen molar-refractivity contribution in [3.63, 3.8) is 0 Å². The van der Waals surface area contributed by atoms with E-state index in [-0.39, 0.29) is 23.0 Å². The van der Waals surface area contributed by atoms with Crippen molar-refractivity contribution < 1.29 is 14.7 Å². The van der Waals surface area contributed by atoms with Gasteiger partial charge in [-0.15, -0.1) is 0 Å². The van der Waals surface area contributed by atoms with Crippen LogP contribution < -0.4 is 16.4 Å². The maximum absolute atomic E-state index is 12.8. The number of carbonyl (C=O) groups excluding carboxylic acids is 1. The zero-order valence-corrected chi connectivity index (χ0v) is 15.3. The fourth-order valence-corrected chi connectivity index (χ4v) is 4.19. The highest BCUT2D eigenvalue weighted by molar-refractivity contribution is 8.03. The molecule has 1 aliphatic heterocycles. The number of H-pyrrole nitrogens is 1. The predicted molar refractivity (Wildman–Crippen MR) is 98.5 cm³/mol. The predicted octanol–water partition coefficient (Wildman–Crippen LogP) is 0.558. The highest BCUT2D eigenvalue weighted by atomic mass is 32.2. The van der Waals surface area contributed by atoms with Gasteiger partial charge in [0.05, 0.1) is 5.69 Å². The molecule has 1 aliphatic carbocycles. The van der Waals surface area contributed by atoms with Crippen molar-refractivity contribution in [2.75, 3.05) is 5.73 Å². The molecule has 3 heterocycles. The van der Waals surface area contributed by atoms with Crippen LogP contribution in [0.25, 0.3) is 11.4 Å². The minimum Gasteiger partial charge on any atom is -0.477 e. The summed E-state index contributed by atoms with van der Waals surface area (Å²) >= 11 is 1.17. The standard InChI is InChI=1S/C16H17N7O3S/c1-16(2)3-6-4-18-14(17)20-9(6)10-8(16)11(23-22-10)12(24)21-15-19-7(5-27-15)13(25)26/h4-5,15,19H,3H2,1-2H3,(H,21,24)(H,22,23)(H,25,26)(H2,17,18,20). The summed E-state index contributed by atoms with van der Waals surface area (Å²) in [6, 6.07) is 0. The fourth-order valence-electron chi connectivity index (χ4n) is 3.37. The van der Waals surface area contributed by atoms with Crippen LogP contribution in [-0.4, -0.2) is 42.6 Å². The summed E-state index contributed by atoms with van der Waals surface area (Å²) < 4.78 is 0. The van der Waals surface area contributed by atoms with Crippen molar-refractivity contribution >= 4 is 29.6 Å². The number of anilines is 1. The topological polar surface area (TPSA) is 159 Å². The van der Waals surface area contributed by atoms with Gasteiger partial charge in [-0.3, -0.25) is 9.89 Å². The number of aromatic nitrogens is 4. The second-order valence-electron chi connectivity index (χ2n) is 6.96. The van der Waals surface area contributed by atoms with Crippen molar-refractivity contribution in [2.24, 2.45) is 0 Å². The molecular weight excluding hydrogens is 370 g/mol. The Hall–Kier alpha value is -3.08. The monoisotopic (exact) mass is 387 g/mol. The Bertz CT molecular complexity index is 998. The normalized spacial score (nSPS) is 19.5. The number of nitrogens with zero attached hydrogens (tertiary/aromatic N) is 3. The summed E-state index contributed by atoms with van der Waals surface area (Å²) in [5.41, 5.74) is 8.01. The van der Waals surface area contributed by atoms with Gasteiger partial charge in [-0.25, -0.2) is 14.8 Å². The van der Waals surface area contributed by atoms with Crippen LogP contribution in [0.1, 0.15) is 35.5 Å². The van der Waals surface area contributed by atoms with Crippen LogP contribution >= 0.6 is 11.8 Å². The molecule has 0 saturated heterocycles. The van der Waals surface area contributed by atoms with E-state index < -0.39 is 11.5 Å². The Labute approximate surface area is 158 Å². The smallest absolute Gasteiger partial charge is 0.352 e. The van der Waals surface area contributed by atoms with E-state index in [1.54, 1.807) is 6.20 Å². The number of carbonyl (C=O) groups is 2. The van der Waals surface area contributed by atoms with Gasteiger partial charge < -0.3 is 21.5 Å². The third kappa shape index (κ3) is 2.89. The van der Waals surface area contributed by atoms with Gasteiger partial charge in [-0.2, -0.15) is 5.10 Å². The maximum atomic E-state index is 12.8. The summed E-state index contributed by atoms with van der Waals surface area (Å²) in [5.74, 6) is -1.31. The van der Waals surface area contributed by atoms with Gasteiger partial charge in [0.2, 0.25) is 5.95 Å². The Kier molecular flexibility index (Phi) is 3.84. The largest absolute Gasteiger partial charge is 0.477 e. The third-order valence-electron chi connectivity index (χ3n) is 4.51. The maximum Gasteiger partial charge on any atom is 0.352 e. The summed E-state index contributed by atoms with van der Waals surface area (Å²) in [6.07, 6.45) is 2.32. The number of carboxylic acid groups (broad SMARTS) is 1. The number of aromatic amines is 1. The molecule has 4 rings (SSSR count). The van der Waals surface area contributed by atoms with Crippen LogP contribution in [0.2, 0.25) is 0 Å². The van der Waals surface area contributed by atoms with Crippen molar-refractivity contribution in [2.45, 2.75) is 31.2 Å². The molecule has 1 amide bonds. The quantitative estimate of drug-likeness (QED) is 0.507. The highest BCUT2D eigenvalue weighted by Crippen LogP contribution is 2.42. The van der Waals surface area contributed by atoms with E-state index in [9.17, 15) is 9.59 Å². The van der Waals surface area contributed by atoms with Gasteiger partial charge in [0.15, 0.2) is 5.50 Å². The van der Waals surface area contributed by atoms with Gasteiger partial charge in [0, 0.05) is 17.2 Å². The minimum absolute atomic E-state index is 0.0402. The number of hydrogen-bond donors (Lipinski definition) is 5. The number of nitrogen functional groups attached to an aromatic ring is 1. The molecule has 10 nitrogen and oxygen atoms in total. The molecule has 11 heteroatoms. The lowest BCUT2D eigenvalue weighted by Crippen LogP contribution is -2.42. The first kappa shape index (κ1) is 17.3. The molecule has 140 valence electrons. The van der Waals surface area contributed by atoms with Gasteiger partial charge in [0.25, 0.3) is 5.91 Å². The van der Waals surface area contributed by atoms with Gasteiger partial charge >= 0.3 is 5.97 Å². The Balaban J connectivity index is 1.65. The molecule has 2 aromatic heterocycles. The number of amides is 1. The number of rotatable bonds is 3. The number of fused-ring (bicyclic) bond motifs is 3. The van der Waals surface area contributed by atoms with E-state index in [0.717, 1.165) is 11.1 Å². The van der Waals surface area contributed by atoms with Crippen LogP contribution in [-0.2, 0) is 16.6 Å². The fraction of sp³-hybridized carbons (Fsp3) is 0.312. The van der Waals surface area contributed by atoms with Gasteiger partial charge in [-0.1, -0.05) is 25.6 Å². The number of nitrogens with one attached hydrogen (secondary N) is 3. The number of thioether (sulfide) groups is 1. The molecular formula is C16H17N7O3S. The average Bonchev–Trinajstić information content (AvgIpc) is 3.23. The Morgan fingerprint density at radius 1 is 1.41 bits per heavy atom. The molecule has 1 atom stereocenters. The SMILES string of the molecule is CC1(C)Cc2cnc(N)nc2-c2n[nH]c(C(=O)NC3NC(C(=O)O)=CS3)c21. The number of aliphatic carboxylic acids is 1. The molecule has 2 aliphatic rings. The highest BCUT2D eigenvalue weighted by Gasteiger charge is 2.39. The van der Waals surface area contributed by atoms with Crippen LogP contribution in [0.3, 0.4) is 0 Å². The summed E-state index contributed by atoms with van der Waals surface area (Å²) in [6.45, 7) is 4.04. The first-order valence-electron chi connectivity index (χ1n) is 8.13. The molecule has 0 saturated carbocycles. The second-order valence-corrected chi connectivity index (χ2v) is 7.93. The summed E-state index contributed by atoms with van der Waals surface area (Å²) in [7, 11) is 0. The van der Waals surface area contributed by atoms with E-state index in [2.05, 4.69) is 30.8 Å². The molecule has 0 radical (unpaired) electrons. The summed E-state index contributed by atoms with van der Waals surface area (Å²) in [4.78, 5) is 32.1. The number of carboxylic acids is 1. The third-order valence-corrected chi connectivity index (χ3v) is 5.39. The van der Waals surface area contributed by atoms with E-state index in [1.165, 1.54) is 17.2 Å². The zero-order chi connectivity index (χ0) is 19.3. The van der Waals surface area contributed by atoms with E-state index >= 15 is 0 Å². The molecule has 0 aromatic carbocycles. The first-order valence-corrected chi connectivity index (χ1v) is 9.07. The molecule has 27 heavy (non-hydrogen) atoms. The Morgan fingerprint density at radius 2 is 2.19 bits per heavy atom. The van der Waals surface area contributed by atoms with Gasteiger partial charge in [0.1, 0.15) is 17.1 Å². The molecule has 0 spiro atoms. The zero-order valence-electron chi connectivity index (χ0n) is 14.5. The lowest BCUT2D eigenvalue weighted by Gasteiger charge is -2.31. The molecule has 0 fully saturated rings. The van der Waals surface area contributed by atoms with E-state index in [4.69, 9.17) is 10.8 Å². The van der Waals surface area contributed by atoms with Crippen LogP contribution in [0, 0.1) is 0 Å². The average molecular weight is 387 g/mol.